The molecule has 1 aliphatic rings. The molecule has 1 fully saturated rings. The van der Waals surface area contributed by atoms with E-state index in [0.717, 1.165) is 6.42 Å². The predicted octanol–water partition coefficient (Wildman–Crippen LogP) is 2.62. The van der Waals surface area contributed by atoms with Crippen molar-refractivity contribution in [3.05, 3.63) is 0 Å². The highest BCUT2D eigenvalue weighted by Gasteiger charge is 2.04. The molecule has 0 aromatic rings. The first-order valence-electron chi connectivity index (χ1n) is 5.17. The molecule has 1 aliphatic heterocycles. The Morgan fingerprint density at radius 3 is 2.58 bits per heavy atom. The van der Waals surface area contributed by atoms with E-state index >= 15 is 0 Å². The van der Waals surface area contributed by atoms with Crippen LogP contribution in [0.2, 0.25) is 0 Å². The van der Waals surface area contributed by atoms with Gasteiger partial charge in [-0.05, 0) is 25.7 Å². The van der Waals surface area contributed by atoms with Crippen molar-refractivity contribution in [1.82, 2.24) is 4.90 Å². The number of piperidine rings is 1. The monoisotopic (exact) mass is 165 g/mol. The lowest BCUT2D eigenvalue weighted by Crippen LogP contribution is -2.24. The van der Waals surface area contributed by atoms with Gasteiger partial charge in [0.25, 0.3) is 0 Å². The van der Waals surface area contributed by atoms with Crippen molar-refractivity contribution in [3.8, 4) is 12.0 Å². The van der Waals surface area contributed by atoms with Crippen LogP contribution < -0.4 is 0 Å². The fourth-order valence-electron chi connectivity index (χ4n) is 1.44. The fraction of sp³-hybridized carbons (Fsp3) is 0.818. The van der Waals surface area contributed by atoms with Crippen LogP contribution in [0.3, 0.4) is 0 Å². The third kappa shape index (κ3) is 3.67. The molecule has 1 heteroatoms. The Labute approximate surface area is 76.1 Å². The number of likely N-dealkylation sites (tertiary alicyclic amines) is 1. The van der Waals surface area contributed by atoms with E-state index in [-0.39, 0.29) is 0 Å². The van der Waals surface area contributed by atoms with Crippen molar-refractivity contribution >= 4 is 0 Å². The van der Waals surface area contributed by atoms with Crippen LogP contribution >= 0.6 is 0 Å². The van der Waals surface area contributed by atoms with Crippen molar-refractivity contribution < 1.29 is 0 Å². The van der Waals surface area contributed by atoms with Crippen molar-refractivity contribution in [2.75, 3.05) is 13.1 Å². The molecule has 0 aliphatic carbocycles. The van der Waals surface area contributed by atoms with Gasteiger partial charge in [-0.2, -0.15) is 0 Å². The Bertz CT molecular complexity index is 158. The van der Waals surface area contributed by atoms with Crippen molar-refractivity contribution in [2.24, 2.45) is 0 Å². The summed E-state index contributed by atoms with van der Waals surface area (Å²) in [6, 6.07) is 3.24. The molecule has 12 heavy (non-hydrogen) atoms. The number of unbranched alkanes of at least 4 members (excludes halogenated alkanes) is 2. The second-order valence-corrected chi connectivity index (χ2v) is 3.44. The Morgan fingerprint density at radius 2 is 1.92 bits per heavy atom. The fourth-order valence-corrected chi connectivity index (χ4v) is 1.44. The Morgan fingerprint density at radius 1 is 1.17 bits per heavy atom. The van der Waals surface area contributed by atoms with Crippen LogP contribution in [0.25, 0.3) is 0 Å². The maximum absolute atomic E-state index is 3.24. The molecule has 0 atom stereocenters. The van der Waals surface area contributed by atoms with Gasteiger partial charge in [-0.25, -0.2) is 0 Å². The molecule has 1 rings (SSSR count). The lowest BCUT2D eigenvalue weighted by atomic mass is 10.1. The van der Waals surface area contributed by atoms with Crippen LogP contribution in [0.4, 0.5) is 0 Å². The minimum absolute atomic E-state index is 1.08. The van der Waals surface area contributed by atoms with E-state index in [0.29, 0.717) is 0 Å². The Kier molecular flexibility index (Phi) is 4.68. The lowest BCUT2D eigenvalue weighted by molar-refractivity contribution is 0.326. The van der Waals surface area contributed by atoms with Crippen LogP contribution in [0.5, 0.6) is 0 Å². The summed E-state index contributed by atoms with van der Waals surface area (Å²) in [4.78, 5) is 2.28. The van der Waals surface area contributed by atoms with Gasteiger partial charge in [-0.15, -0.1) is 0 Å². The lowest BCUT2D eigenvalue weighted by Gasteiger charge is -2.21. The second kappa shape index (κ2) is 5.94. The highest BCUT2D eigenvalue weighted by Crippen LogP contribution is 2.06. The average Bonchev–Trinajstić information content (AvgIpc) is 2.14. The van der Waals surface area contributed by atoms with E-state index in [4.69, 9.17) is 0 Å². The third-order valence-corrected chi connectivity index (χ3v) is 2.25. The van der Waals surface area contributed by atoms with Crippen LogP contribution in [-0.2, 0) is 0 Å². The summed E-state index contributed by atoms with van der Waals surface area (Å²) in [6.45, 7) is 4.60. The summed E-state index contributed by atoms with van der Waals surface area (Å²) < 4.78 is 0. The highest BCUT2D eigenvalue weighted by molar-refractivity contribution is 4.98. The zero-order valence-corrected chi connectivity index (χ0v) is 8.10. The molecular weight excluding hydrogens is 146 g/mol. The van der Waals surface area contributed by atoms with Gasteiger partial charge in [0, 0.05) is 25.6 Å². The molecule has 0 aromatic heterocycles. The van der Waals surface area contributed by atoms with Gasteiger partial charge in [0.2, 0.25) is 0 Å². The molecule has 1 heterocycles. The van der Waals surface area contributed by atoms with Gasteiger partial charge < -0.3 is 4.90 Å². The van der Waals surface area contributed by atoms with Crippen molar-refractivity contribution in [2.45, 2.75) is 45.4 Å². The SMILES string of the molecule is CCCCC#CN1CCCCC1. The van der Waals surface area contributed by atoms with Crippen LogP contribution in [0.1, 0.15) is 45.4 Å². The molecule has 1 saturated heterocycles. The van der Waals surface area contributed by atoms with E-state index in [9.17, 15) is 0 Å². The van der Waals surface area contributed by atoms with Crippen molar-refractivity contribution in [3.63, 3.8) is 0 Å². The first-order chi connectivity index (χ1) is 5.93. The molecule has 0 unspecified atom stereocenters. The van der Waals surface area contributed by atoms with Gasteiger partial charge in [0.05, 0.1) is 0 Å². The van der Waals surface area contributed by atoms with E-state index < -0.39 is 0 Å². The van der Waals surface area contributed by atoms with E-state index in [2.05, 4.69) is 23.8 Å². The molecule has 1 nitrogen and oxygen atoms in total. The summed E-state index contributed by atoms with van der Waals surface area (Å²) in [5, 5.41) is 0. The van der Waals surface area contributed by atoms with E-state index in [1.165, 1.54) is 45.2 Å². The Hall–Kier alpha value is -0.640. The normalized spacial score (nSPS) is 16.9. The number of hydrogen-bond acceptors (Lipinski definition) is 1. The van der Waals surface area contributed by atoms with Crippen molar-refractivity contribution in [1.29, 1.82) is 0 Å². The minimum Gasteiger partial charge on any atom is -0.333 e. The van der Waals surface area contributed by atoms with E-state index in [1.807, 2.05) is 0 Å². The smallest absolute Gasteiger partial charge is 0.0260 e. The molecule has 0 bridgehead atoms. The molecular formula is C11H19N. The largest absolute Gasteiger partial charge is 0.333 e. The maximum atomic E-state index is 3.24. The summed E-state index contributed by atoms with van der Waals surface area (Å²) in [5.74, 6) is 3.23. The molecule has 0 amide bonds. The zero-order valence-electron chi connectivity index (χ0n) is 8.10. The van der Waals surface area contributed by atoms with Gasteiger partial charge in [0.15, 0.2) is 0 Å². The van der Waals surface area contributed by atoms with Gasteiger partial charge >= 0.3 is 0 Å². The quantitative estimate of drug-likeness (QED) is 0.449. The number of hydrogen-bond donors (Lipinski definition) is 0. The van der Waals surface area contributed by atoms with Crippen LogP contribution in [-0.4, -0.2) is 18.0 Å². The minimum atomic E-state index is 1.08. The van der Waals surface area contributed by atoms with Crippen LogP contribution in [0.15, 0.2) is 0 Å². The number of rotatable bonds is 2. The second-order valence-electron chi connectivity index (χ2n) is 3.44. The average molecular weight is 165 g/mol. The first-order valence-corrected chi connectivity index (χ1v) is 5.17. The standard InChI is InChI=1S/C11H19N/c1-2-3-4-6-9-12-10-7-5-8-11-12/h2-5,7-8,10-11H2,1H3. The highest BCUT2D eigenvalue weighted by atomic mass is 15.1. The molecule has 0 saturated carbocycles. The maximum Gasteiger partial charge on any atom is 0.0260 e. The summed E-state index contributed by atoms with van der Waals surface area (Å²) in [7, 11) is 0. The third-order valence-electron chi connectivity index (χ3n) is 2.25. The molecule has 0 spiro atoms. The van der Waals surface area contributed by atoms with Gasteiger partial charge in [-0.1, -0.05) is 19.3 Å². The summed E-state index contributed by atoms with van der Waals surface area (Å²) in [6.07, 6.45) is 7.65. The topological polar surface area (TPSA) is 3.24 Å². The van der Waals surface area contributed by atoms with Gasteiger partial charge in [0.1, 0.15) is 0 Å². The van der Waals surface area contributed by atoms with Crippen LogP contribution in [0, 0.1) is 12.0 Å². The molecule has 68 valence electrons. The molecule has 0 radical (unpaired) electrons. The molecule has 0 N–H and O–H groups in total. The summed E-state index contributed by atoms with van der Waals surface area (Å²) >= 11 is 0. The van der Waals surface area contributed by atoms with E-state index in [1.54, 1.807) is 0 Å². The molecule has 0 aromatic carbocycles. The first kappa shape index (κ1) is 9.45. The number of nitrogens with zero attached hydrogens (tertiary/aromatic N) is 1. The predicted molar refractivity (Wildman–Crippen MR) is 52.7 cm³/mol. The zero-order chi connectivity index (χ0) is 8.65. The Balaban J connectivity index is 2.13. The summed E-state index contributed by atoms with van der Waals surface area (Å²) in [5.41, 5.74) is 0. The van der Waals surface area contributed by atoms with Gasteiger partial charge in [-0.3, -0.25) is 0 Å².